The van der Waals surface area contributed by atoms with Crippen molar-refractivity contribution in [3.63, 3.8) is 0 Å². The van der Waals surface area contributed by atoms with E-state index in [1.165, 1.54) is 0 Å². The highest BCUT2D eigenvalue weighted by atomic mass is 16.1. The van der Waals surface area contributed by atoms with Crippen molar-refractivity contribution in [1.29, 1.82) is 0 Å². The highest BCUT2D eigenvalue weighted by molar-refractivity contribution is 5.93. The maximum Gasteiger partial charge on any atom is 0.248 e. The van der Waals surface area contributed by atoms with E-state index in [1.807, 2.05) is 19.1 Å². The van der Waals surface area contributed by atoms with Crippen LogP contribution in [0.15, 0.2) is 36.5 Å². The molecular formula is C13H14N4O. The van der Waals surface area contributed by atoms with E-state index in [-0.39, 0.29) is 0 Å². The van der Waals surface area contributed by atoms with Gasteiger partial charge in [-0.05, 0) is 36.8 Å². The van der Waals surface area contributed by atoms with Gasteiger partial charge in [0.2, 0.25) is 5.91 Å². The van der Waals surface area contributed by atoms with Gasteiger partial charge in [-0.25, -0.2) is 4.98 Å². The van der Waals surface area contributed by atoms with Gasteiger partial charge >= 0.3 is 0 Å². The molecule has 1 amide bonds. The van der Waals surface area contributed by atoms with Crippen LogP contribution in [0.2, 0.25) is 0 Å². The molecule has 0 saturated carbocycles. The molecule has 2 aromatic rings. The molecule has 18 heavy (non-hydrogen) atoms. The van der Waals surface area contributed by atoms with Gasteiger partial charge in [-0.15, -0.1) is 0 Å². The Balaban J connectivity index is 2.28. The number of hydrogen-bond donors (Lipinski definition) is 3. The number of amides is 1. The lowest BCUT2D eigenvalue weighted by molar-refractivity contribution is 0.100. The summed E-state index contributed by atoms with van der Waals surface area (Å²) in [5.41, 5.74) is 13.6. The Morgan fingerprint density at radius 1 is 1.33 bits per heavy atom. The van der Waals surface area contributed by atoms with Crippen molar-refractivity contribution in [2.75, 3.05) is 11.1 Å². The van der Waals surface area contributed by atoms with E-state index in [4.69, 9.17) is 11.5 Å². The standard InChI is InChI=1S/C13H14N4O/c1-8-5-10(14)7-16-13(8)17-11-4-2-3-9(6-11)12(15)18/h2-7H,14H2,1H3,(H2,15,18)(H,16,17). The monoisotopic (exact) mass is 242 g/mol. The minimum atomic E-state index is -0.458. The fourth-order valence-electron chi connectivity index (χ4n) is 1.61. The maximum absolute atomic E-state index is 11.1. The predicted molar refractivity (Wildman–Crippen MR) is 71.6 cm³/mol. The number of carbonyl (C=O) groups excluding carboxylic acids is 1. The molecule has 2 rings (SSSR count). The number of rotatable bonds is 3. The third-order valence-electron chi connectivity index (χ3n) is 2.51. The summed E-state index contributed by atoms with van der Waals surface area (Å²) in [5.74, 6) is 0.242. The van der Waals surface area contributed by atoms with Gasteiger partial charge in [0.1, 0.15) is 5.82 Å². The SMILES string of the molecule is Cc1cc(N)cnc1Nc1cccc(C(N)=O)c1. The summed E-state index contributed by atoms with van der Waals surface area (Å²) in [6.45, 7) is 1.91. The number of aryl methyl sites for hydroxylation is 1. The number of primary amides is 1. The van der Waals surface area contributed by atoms with Crippen molar-refractivity contribution in [2.45, 2.75) is 6.92 Å². The molecule has 1 aromatic heterocycles. The van der Waals surface area contributed by atoms with Gasteiger partial charge in [-0.2, -0.15) is 0 Å². The van der Waals surface area contributed by atoms with Gasteiger partial charge in [-0.3, -0.25) is 4.79 Å². The third-order valence-corrected chi connectivity index (χ3v) is 2.51. The van der Waals surface area contributed by atoms with Gasteiger partial charge in [0.15, 0.2) is 0 Å². The zero-order valence-electron chi connectivity index (χ0n) is 9.97. The number of carbonyl (C=O) groups is 1. The normalized spacial score (nSPS) is 10.1. The topological polar surface area (TPSA) is 94.0 Å². The molecular weight excluding hydrogens is 228 g/mol. The first kappa shape index (κ1) is 11.9. The lowest BCUT2D eigenvalue weighted by Gasteiger charge is -2.09. The fraction of sp³-hybridized carbons (Fsp3) is 0.0769. The van der Waals surface area contributed by atoms with E-state index in [0.717, 1.165) is 11.3 Å². The Bertz CT molecular complexity index is 595. The van der Waals surface area contributed by atoms with E-state index in [1.54, 1.807) is 24.4 Å². The summed E-state index contributed by atoms with van der Waals surface area (Å²) < 4.78 is 0. The molecule has 0 spiro atoms. The molecule has 0 aliphatic rings. The molecule has 0 aliphatic heterocycles. The van der Waals surface area contributed by atoms with Crippen molar-refractivity contribution in [1.82, 2.24) is 4.98 Å². The molecule has 0 radical (unpaired) electrons. The van der Waals surface area contributed by atoms with Crippen LogP contribution < -0.4 is 16.8 Å². The Morgan fingerprint density at radius 2 is 2.11 bits per heavy atom. The van der Waals surface area contributed by atoms with Gasteiger partial charge in [-0.1, -0.05) is 6.07 Å². The molecule has 5 N–H and O–H groups in total. The van der Waals surface area contributed by atoms with Crippen LogP contribution in [0.25, 0.3) is 0 Å². The average Bonchev–Trinajstić information content (AvgIpc) is 2.33. The third kappa shape index (κ3) is 2.57. The summed E-state index contributed by atoms with van der Waals surface area (Å²) in [6.07, 6.45) is 1.58. The Kier molecular flexibility index (Phi) is 3.14. The number of hydrogen-bond acceptors (Lipinski definition) is 4. The number of pyridine rings is 1. The minimum absolute atomic E-state index is 0.452. The van der Waals surface area contributed by atoms with Crippen molar-refractivity contribution >= 4 is 23.1 Å². The van der Waals surface area contributed by atoms with Crippen LogP contribution in [-0.2, 0) is 0 Å². The summed E-state index contributed by atoms with van der Waals surface area (Å²) in [7, 11) is 0. The van der Waals surface area contributed by atoms with Gasteiger partial charge in [0, 0.05) is 11.3 Å². The van der Waals surface area contributed by atoms with Crippen molar-refractivity contribution < 1.29 is 4.79 Å². The van der Waals surface area contributed by atoms with E-state index in [2.05, 4.69) is 10.3 Å². The number of nitrogen functional groups attached to an aromatic ring is 1. The molecule has 0 bridgehead atoms. The molecule has 0 unspecified atom stereocenters. The Morgan fingerprint density at radius 3 is 2.78 bits per heavy atom. The summed E-state index contributed by atoms with van der Waals surface area (Å²) in [5, 5.41) is 3.12. The first-order chi connectivity index (χ1) is 8.56. The van der Waals surface area contributed by atoms with Crippen molar-refractivity contribution in [3.05, 3.63) is 47.7 Å². The fourth-order valence-corrected chi connectivity index (χ4v) is 1.61. The van der Waals surface area contributed by atoms with Gasteiger partial charge < -0.3 is 16.8 Å². The molecule has 0 atom stereocenters. The Hall–Kier alpha value is -2.56. The quantitative estimate of drug-likeness (QED) is 0.765. The zero-order chi connectivity index (χ0) is 13.1. The number of nitrogens with two attached hydrogens (primary N) is 2. The molecule has 0 aliphatic carbocycles. The summed E-state index contributed by atoms with van der Waals surface area (Å²) in [4.78, 5) is 15.3. The molecule has 0 saturated heterocycles. The molecule has 92 valence electrons. The van der Waals surface area contributed by atoms with Crippen LogP contribution in [0.4, 0.5) is 17.2 Å². The van der Waals surface area contributed by atoms with Crippen LogP contribution in [0.3, 0.4) is 0 Å². The molecule has 1 heterocycles. The highest BCUT2D eigenvalue weighted by Crippen LogP contribution is 2.20. The van der Waals surface area contributed by atoms with Crippen molar-refractivity contribution in [3.8, 4) is 0 Å². The maximum atomic E-state index is 11.1. The smallest absolute Gasteiger partial charge is 0.248 e. The van der Waals surface area contributed by atoms with Gasteiger partial charge in [0.25, 0.3) is 0 Å². The second kappa shape index (κ2) is 4.75. The van der Waals surface area contributed by atoms with Crippen LogP contribution in [0, 0.1) is 6.92 Å². The van der Waals surface area contributed by atoms with Crippen LogP contribution in [0.1, 0.15) is 15.9 Å². The predicted octanol–water partition coefficient (Wildman–Crippen LogP) is 1.81. The Labute approximate surface area is 105 Å². The van der Waals surface area contributed by atoms with Crippen molar-refractivity contribution in [2.24, 2.45) is 5.73 Å². The number of benzene rings is 1. The second-order valence-electron chi connectivity index (χ2n) is 4.00. The molecule has 1 aromatic carbocycles. The van der Waals surface area contributed by atoms with E-state index in [9.17, 15) is 4.79 Å². The highest BCUT2D eigenvalue weighted by Gasteiger charge is 2.04. The van der Waals surface area contributed by atoms with Crippen LogP contribution in [0.5, 0.6) is 0 Å². The first-order valence-corrected chi connectivity index (χ1v) is 5.45. The second-order valence-corrected chi connectivity index (χ2v) is 4.00. The van der Waals surface area contributed by atoms with E-state index < -0.39 is 5.91 Å². The summed E-state index contributed by atoms with van der Waals surface area (Å²) in [6, 6.07) is 8.77. The van der Waals surface area contributed by atoms with E-state index in [0.29, 0.717) is 17.1 Å². The molecule has 0 fully saturated rings. The summed E-state index contributed by atoms with van der Waals surface area (Å²) >= 11 is 0. The molecule has 5 heteroatoms. The molecule has 5 nitrogen and oxygen atoms in total. The van der Waals surface area contributed by atoms with Crippen LogP contribution >= 0.6 is 0 Å². The van der Waals surface area contributed by atoms with Gasteiger partial charge in [0.05, 0.1) is 11.9 Å². The van der Waals surface area contributed by atoms with Crippen LogP contribution in [-0.4, -0.2) is 10.9 Å². The number of nitrogens with one attached hydrogen (secondary N) is 1. The average molecular weight is 242 g/mol. The lowest BCUT2D eigenvalue weighted by atomic mass is 10.2. The number of anilines is 3. The first-order valence-electron chi connectivity index (χ1n) is 5.45. The number of nitrogens with zero attached hydrogens (tertiary/aromatic N) is 1. The zero-order valence-corrected chi connectivity index (χ0v) is 9.97. The number of aromatic nitrogens is 1. The minimum Gasteiger partial charge on any atom is -0.397 e. The lowest BCUT2D eigenvalue weighted by Crippen LogP contribution is -2.11. The largest absolute Gasteiger partial charge is 0.397 e. The van der Waals surface area contributed by atoms with E-state index >= 15 is 0 Å².